The number of halogens is 4. The fourth-order valence-corrected chi connectivity index (χ4v) is 4.45. The van der Waals surface area contributed by atoms with E-state index in [1.807, 2.05) is 5.32 Å². The highest BCUT2D eigenvalue weighted by Gasteiger charge is 2.40. The normalized spacial score (nSPS) is 17.7. The summed E-state index contributed by atoms with van der Waals surface area (Å²) in [5.41, 5.74) is -1.97. The topological polar surface area (TPSA) is 139 Å². The number of nitrogens with zero attached hydrogens (tertiary/aromatic N) is 4. The molecule has 0 unspecified atom stereocenters. The number of unbranched alkanes of at least 4 members (excludes halogenated alkanes) is 5. The highest BCUT2D eigenvalue weighted by Crippen LogP contribution is 2.39. The van der Waals surface area contributed by atoms with E-state index in [0.717, 1.165) is 43.1 Å². The van der Waals surface area contributed by atoms with Crippen LogP contribution in [0.15, 0.2) is 27.7 Å². The van der Waals surface area contributed by atoms with Gasteiger partial charge in [0.25, 0.3) is 0 Å². The van der Waals surface area contributed by atoms with E-state index in [2.05, 4.69) is 22.1 Å². The lowest BCUT2D eigenvalue weighted by Gasteiger charge is -2.25. The number of carbonyl (C=O) groups excluding carboxylic acids is 1. The fraction of sp³-hybridized carbons (Fsp3) is 0.607. The number of aromatic nitrogens is 2. The Kier molecular flexibility index (Phi) is 11.3. The minimum atomic E-state index is -4.72. The van der Waals surface area contributed by atoms with Crippen molar-refractivity contribution in [3.63, 3.8) is 0 Å². The first kappa shape index (κ1) is 33.6. The standard InChI is InChI=1S/C28H37F4N5O6/c1-5-6-7-8-9-10-13-41-21-12-11-17(14-19(21)28(30,31)32)22-33-23(43-36-22)20-15-18(29)16-37(20)24(34-25(38)39)35-26(40)42-27(2,3)4/h11-12,14,18,20H,5-10,13,15-16H2,1-4H3,(H,38,39)(H,34,35,40)/t18-,20-/m0/s1. The van der Waals surface area contributed by atoms with E-state index < -0.39 is 47.7 Å². The van der Waals surface area contributed by atoms with Crippen LogP contribution in [0.25, 0.3) is 11.4 Å². The molecule has 1 aromatic carbocycles. The van der Waals surface area contributed by atoms with Gasteiger partial charge in [-0.3, -0.25) is 5.32 Å². The molecule has 1 saturated heterocycles. The van der Waals surface area contributed by atoms with Crippen LogP contribution < -0.4 is 10.1 Å². The Morgan fingerprint density at radius 3 is 2.51 bits per heavy atom. The number of ether oxygens (including phenoxy) is 2. The molecule has 1 fully saturated rings. The SMILES string of the molecule is CCCCCCCCOc1ccc(-c2noc([C@@H]3C[C@H](F)CN3C(=NC(=O)OC(C)(C)C)NC(=O)O)n2)cc1C(F)(F)F. The van der Waals surface area contributed by atoms with Crippen molar-refractivity contribution in [3.8, 4) is 17.1 Å². The van der Waals surface area contributed by atoms with Crippen molar-refractivity contribution < 1.29 is 46.3 Å². The van der Waals surface area contributed by atoms with E-state index in [1.54, 1.807) is 20.8 Å². The fourth-order valence-electron chi connectivity index (χ4n) is 4.45. The van der Waals surface area contributed by atoms with Gasteiger partial charge in [-0.25, -0.2) is 14.0 Å². The Bertz CT molecular complexity index is 1280. The summed E-state index contributed by atoms with van der Waals surface area (Å²) in [6.45, 7) is 6.61. The summed E-state index contributed by atoms with van der Waals surface area (Å²) in [5.74, 6) is -1.27. The minimum Gasteiger partial charge on any atom is -0.493 e. The van der Waals surface area contributed by atoms with Crippen LogP contribution >= 0.6 is 0 Å². The van der Waals surface area contributed by atoms with Crippen LogP contribution in [0.3, 0.4) is 0 Å². The summed E-state index contributed by atoms with van der Waals surface area (Å²) < 4.78 is 72.1. The monoisotopic (exact) mass is 615 g/mol. The Morgan fingerprint density at radius 2 is 1.86 bits per heavy atom. The molecule has 2 atom stereocenters. The second kappa shape index (κ2) is 14.5. The van der Waals surface area contributed by atoms with Gasteiger partial charge in [-0.1, -0.05) is 44.2 Å². The summed E-state index contributed by atoms with van der Waals surface area (Å²) in [5, 5.41) is 15.0. The van der Waals surface area contributed by atoms with Gasteiger partial charge in [0.05, 0.1) is 18.7 Å². The number of nitrogens with one attached hydrogen (secondary N) is 1. The predicted molar refractivity (Wildman–Crippen MR) is 147 cm³/mol. The third-order valence-corrected chi connectivity index (χ3v) is 6.36. The van der Waals surface area contributed by atoms with Crippen LogP contribution in [-0.2, 0) is 10.9 Å². The zero-order valence-electron chi connectivity index (χ0n) is 24.5. The van der Waals surface area contributed by atoms with Gasteiger partial charge in [-0.15, -0.1) is 4.99 Å². The van der Waals surface area contributed by atoms with Crippen molar-refractivity contribution >= 4 is 18.1 Å². The quantitative estimate of drug-likeness (QED) is 0.124. The van der Waals surface area contributed by atoms with Crippen molar-refractivity contribution in [1.29, 1.82) is 0 Å². The molecule has 43 heavy (non-hydrogen) atoms. The lowest BCUT2D eigenvalue weighted by atomic mass is 10.1. The smallest absolute Gasteiger partial charge is 0.437 e. The Balaban J connectivity index is 1.82. The van der Waals surface area contributed by atoms with Gasteiger partial charge in [0.1, 0.15) is 23.6 Å². The molecule has 1 aliphatic heterocycles. The Hall–Kier alpha value is -3.91. The lowest BCUT2D eigenvalue weighted by molar-refractivity contribution is -0.138. The molecule has 15 heteroatoms. The summed E-state index contributed by atoms with van der Waals surface area (Å²) >= 11 is 0. The number of hydrogen-bond donors (Lipinski definition) is 2. The van der Waals surface area contributed by atoms with Gasteiger partial charge < -0.3 is 24.0 Å². The molecule has 0 spiro atoms. The molecule has 0 radical (unpaired) electrons. The maximum Gasteiger partial charge on any atom is 0.437 e. The average Bonchev–Trinajstić information content (AvgIpc) is 3.53. The molecule has 3 rings (SSSR count). The highest BCUT2D eigenvalue weighted by atomic mass is 19.4. The van der Waals surface area contributed by atoms with Crippen molar-refractivity contribution in [1.82, 2.24) is 20.4 Å². The van der Waals surface area contributed by atoms with Gasteiger partial charge in [-0.2, -0.15) is 18.2 Å². The molecule has 2 amide bonds. The number of amides is 2. The number of guanidine groups is 1. The number of aliphatic imine (C=N–C) groups is 1. The number of carbonyl (C=O) groups is 2. The van der Waals surface area contributed by atoms with E-state index in [0.29, 0.717) is 6.42 Å². The second-order valence-electron chi connectivity index (χ2n) is 11.1. The molecule has 0 aliphatic carbocycles. The summed E-state index contributed by atoms with van der Waals surface area (Å²) in [7, 11) is 0. The van der Waals surface area contributed by atoms with E-state index >= 15 is 0 Å². The van der Waals surface area contributed by atoms with Crippen molar-refractivity contribution in [2.75, 3.05) is 13.2 Å². The molecule has 2 heterocycles. The van der Waals surface area contributed by atoms with Crippen LogP contribution in [-0.4, -0.2) is 63.2 Å². The lowest BCUT2D eigenvalue weighted by Crippen LogP contribution is -2.44. The van der Waals surface area contributed by atoms with Crippen molar-refractivity contribution in [2.45, 2.75) is 96.6 Å². The van der Waals surface area contributed by atoms with E-state index in [-0.39, 0.29) is 42.6 Å². The van der Waals surface area contributed by atoms with Crippen LogP contribution in [0.5, 0.6) is 5.75 Å². The zero-order valence-corrected chi connectivity index (χ0v) is 24.5. The number of benzene rings is 1. The first-order chi connectivity index (χ1) is 20.2. The number of carboxylic acid groups (broad SMARTS) is 1. The molecule has 1 aliphatic rings. The first-order valence-electron chi connectivity index (χ1n) is 14.1. The summed E-state index contributed by atoms with van der Waals surface area (Å²) in [6, 6.07) is 2.31. The molecule has 1 aromatic heterocycles. The Morgan fingerprint density at radius 1 is 1.16 bits per heavy atom. The van der Waals surface area contributed by atoms with Crippen LogP contribution in [0.1, 0.15) is 90.1 Å². The van der Waals surface area contributed by atoms with Gasteiger partial charge >= 0.3 is 18.4 Å². The predicted octanol–water partition coefficient (Wildman–Crippen LogP) is 7.14. The molecule has 0 saturated carbocycles. The van der Waals surface area contributed by atoms with Crippen molar-refractivity contribution in [2.24, 2.45) is 4.99 Å². The maximum absolute atomic E-state index is 14.6. The number of alkyl halides is 4. The van der Waals surface area contributed by atoms with E-state index in [9.17, 15) is 32.3 Å². The van der Waals surface area contributed by atoms with Crippen LogP contribution in [0, 0.1) is 0 Å². The van der Waals surface area contributed by atoms with E-state index in [1.165, 1.54) is 12.1 Å². The molecule has 11 nitrogen and oxygen atoms in total. The van der Waals surface area contributed by atoms with Gasteiger partial charge in [0.15, 0.2) is 0 Å². The maximum atomic E-state index is 14.6. The molecular formula is C28H37F4N5O6. The summed E-state index contributed by atoms with van der Waals surface area (Å²) in [4.78, 5) is 32.6. The highest BCUT2D eigenvalue weighted by molar-refractivity contribution is 5.98. The molecular weight excluding hydrogens is 578 g/mol. The van der Waals surface area contributed by atoms with Gasteiger partial charge in [0, 0.05) is 12.0 Å². The minimum absolute atomic E-state index is 0.0260. The summed E-state index contributed by atoms with van der Waals surface area (Å²) in [6.07, 6.45) is -3.40. The average molecular weight is 616 g/mol. The second-order valence-corrected chi connectivity index (χ2v) is 11.1. The third kappa shape index (κ3) is 10.1. The zero-order chi connectivity index (χ0) is 31.8. The first-order valence-corrected chi connectivity index (χ1v) is 14.1. The third-order valence-electron chi connectivity index (χ3n) is 6.36. The van der Waals surface area contributed by atoms with Gasteiger partial charge in [-0.05, 0) is 45.4 Å². The van der Waals surface area contributed by atoms with Crippen LogP contribution in [0.4, 0.5) is 27.2 Å². The molecule has 2 N–H and O–H groups in total. The van der Waals surface area contributed by atoms with Crippen LogP contribution in [0.2, 0.25) is 0 Å². The molecule has 2 aromatic rings. The van der Waals surface area contributed by atoms with Crippen molar-refractivity contribution in [3.05, 3.63) is 29.7 Å². The number of rotatable bonds is 10. The largest absolute Gasteiger partial charge is 0.493 e. The van der Waals surface area contributed by atoms with Gasteiger partial charge in [0.2, 0.25) is 17.7 Å². The Labute approximate surface area is 246 Å². The molecule has 0 bridgehead atoms. The number of likely N-dealkylation sites (tertiary alicyclic amines) is 1. The van der Waals surface area contributed by atoms with E-state index in [4.69, 9.17) is 14.0 Å². The molecule has 238 valence electrons. The number of hydrogen-bond acceptors (Lipinski definition) is 7.